The molecule has 0 aliphatic heterocycles. The number of hydrogen-bond donors (Lipinski definition) is 0. The van der Waals surface area contributed by atoms with Crippen LogP contribution in [0.5, 0.6) is 0 Å². The van der Waals surface area contributed by atoms with E-state index in [2.05, 4.69) is 16.4 Å². The van der Waals surface area contributed by atoms with Crippen LogP contribution in [-0.2, 0) is 0 Å². The Labute approximate surface area is 127 Å². The van der Waals surface area contributed by atoms with Crippen molar-refractivity contribution < 1.29 is 0 Å². The second-order valence-electron chi connectivity index (χ2n) is 4.58. The summed E-state index contributed by atoms with van der Waals surface area (Å²) < 4.78 is 1.66. The van der Waals surface area contributed by atoms with Gasteiger partial charge in [0, 0.05) is 5.56 Å². The molecule has 0 spiro atoms. The Bertz CT molecular complexity index is 845. The Morgan fingerprint density at radius 2 is 1.81 bits per heavy atom. The monoisotopic (exact) mass is 294 g/mol. The van der Waals surface area contributed by atoms with E-state index >= 15 is 0 Å². The van der Waals surface area contributed by atoms with Crippen LogP contribution in [0.4, 0.5) is 0 Å². The van der Waals surface area contributed by atoms with Crippen LogP contribution >= 0.6 is 11.6 Å². The number of aromatic nitrogens is 3. The van der Waals surface area contributed by atoms with E-state index in [1.54, 1.807) is 10.7 Å². The molecule has 3 rings (SSSR count). The molecular formula is C16H11ClN4. The fourth-order valence-corrected chi connectivity index (χ4v) is 2.45. The van der Waals surface area contributed by atoms with Crippen LogP contribution in [0, 0.1) is 18.3 Å². The highest BCUT2D eigenvalue weighted by atomic mass is 35.5. The molecule has 0 saturated heterocycles. The van der Waals surface area contributed by atoms with Gasteiger partial charge in [0.25, 0.3) is 0 Å². The molecule has 0 saturated carbocycles. The van der Waals surface area contributed by atoms with E-state index in [-0.39, 0.29) is 5.69 Å². The van der Waals surface area contributed by atoms with Crippen molar-refractivity contribution in [2.75, 3.05) is 0 Å². The van der Waals surface area contributed by atoms with Crippen LogP contribution in [-0.4, -0.2) is 15.0 Å². The SMILES string of the molecule is Cc1ccccc1-n1nnc(C#N)c1-c1ccccc1Cl. The van der Waals surface area contributed by atoms with E-state index in [9.17, 15) is 5.26 Å². The molecule has 1 aromatic heterocycles. The Hall–Kier alpha value is -2.64. The number of hydrogen-bond acceptors (Lipinski definition) is 3. The fourth-order valence-electron chi connectivity index (χ4n) is 2.22. The van der Waals surface area contributed by atoms with Gasteiger partial charge in [-0.05, 0) is 24.6 Å². The predicted molar refractivity (Wildman–Crippen MR) is 81.3 cm³/mol. The zero-order valence-electron chi connectivity index (χ0n) is 11.3. The van der Waals surface area contributed by atoms with Crippen LogP contribution in [0.1, 0.15) is 11.3 Å². The molecule has 102 valence electrons. The van der Waals surface area contributed by atoms with E-state index < -0.39 is 0 Å². The molecule has 0 aliphatic carbocycles. The van der Waals surface area contributed by atoms with Crippen molar-refractivity contribution in [2.24, 2.45) is 0 Å². The maximum absolute atomic E-state index is 9.29. The molecule has 1 heterocycles. The van der Waals surface area contributed by atoms with E-state index in [0.29, 0.717) is 10.7 Å². The van der Waals surface area contributed by atoms with Crippen LogP contribution in [0.3, 0.4) is 0 Å². The number of nitrogens with zero attached hydrogens (tertiary/aromatic N) is 4. The molecule has 0 amide bonds. The number of nitriles is 1. The maximum Gasteiger partial charge on any atom is 0.191 e. The summed E-state index contributed by atoms with van der Waals surface area (Å²) in [6, 6.07) is 17.2. The van der Waals surface area contributed by atoms with Crippen molar-refractivity contribution in [2.45, 2.75) is 6.92 Å². The normalized spacial score (nSPS) is 10.3. The van der Waals surface area contributed by atoms with Crippen molar-refractivity contribution in [1.82, 2.24) is 15.0 Å². The Balaban J connectivity index is 2.31. The van der Waals surface area contributed by atoms with Gasteiger partial charge in [-0.3, -0.25) is 0 Å². The van der Waals surface area contributed by atoms with Crippen molar-refractivity contribution >= 4 is 11.6 Å². The molecule has 4 nitrogen and oxygen atoms in total. The molecule has 0 bridgehead atoms. The van der Waals surface area contributed by atoms with Crippen molar-refractivity contribution in [3.8, 4) is 23.0 Å². The van der Waals surface area contributed by atoms with Crippen molar-refractivity contribution in [3.05, 3.63) is 64.8 Å². The van der Waals surface area contributed by atoms with Gasteiger partial charge in [-0.1, -0.05) is 53.2 Å². The molecule has 0 fully saturated rings. The fraction of sp³-hybridized carbons (Fsp3) is 0.0625. The second kappa shape index (κ2) is 5.39. The zero-order valence-corrected chi connectivity index (χ0v) is 12.0. The van der Waals surface area contributed by atoms with Gasteiger partial charge in [0.05, 0.1) is 10.7 Å². The summed E-state index contributed by atoms with van der Waals surface area (Å²) in [6.45, 7) is 1.99. The highest BCUT2D eigenvalue weighted by Gasteiger charge is 2.18. The van der Waals surface area contributed by atoms with Crippen LogP contribution in [0.25, 0.3) is 16.9 Å². The lowest BCUT2D eigenvalue weighted by molar-refractivity contribution is 0.802. The van der Waals surface area contributed by atoms with Crippen LogP contribution in [0.2, 0.25) is 5.02 Å². The van der Waals surface area contributed by atoms with Gasteiger partial charge < -0.3 is 0 Å². The summed E-state index contributed by atoms with van der Waals surface area (Å²) >= 11 is 6.27. The van der Waals surface area contributed by atoms with E-state index in [0.717, 1.165) is 16.8 Å². The molecule has 21 heavy (non-hydrogen) atoms. The molecule has 0 unspecified atom stereocenters. The third-order valence-electron chi connectivity index (χ3n) is 3.25. The first kappa shape index (κ1) is 13.3. The number of rotatable bonds is 2. The smallest absolute Gasteiger partial charge is 0.191 e. The Morgan fingerprint density at radius 1 is 1.10 bits per heavy atom. The summed E-state index contributed by atoms with van der Waals surface area (Å²) in [5.41, 5.74) is 3.52. The molecule has 3 aromatic rings. The maximum atomic E-state index is 9.29. The minimum absolute atomic E-state index is 0.256. The average molecular weight is 295 g/mol. The summed E-state index contributed by atoms with van der Waals surface area (Å²) in [4.78, 5) is 0. The van der Waals surface area contributed by atoms with E-state index in [1.807, 2.05) is 49.4 Å². The minimum atomic E-state index is 0.256. The van der Waals surface area contributed by atoms with Gasteiger partial charge in [-0.25, -0.2) is 4.68 Å². The van der Waals surface area contributed by atoms with Gasteiger partial charge in [0.15, 0.2) is 5.69 Å². The molecule has 0 atom stereocenters. The largest absolute Gasteiger partial charge is 0.211 e. The van der Waals surface area contributed by atoms with Crippen molar-refractivity contribution in [3.63, 3.8) is 0 Å². The van der Waals surface area contributed by atoms with Crippen molar-refractivity contribution in [1.29, 1.82) is 5.26 Å². The van der Waals surface area contributed by atoms with Crippen LogP contribution in [0.15, 0.2) is 48.5 Å². The first-order chi connectivity index (χ1) is 10.2. The molecule has 0 radical (unpaired) electrons. The Kier molecular flexibility index (Phi) is 3.43. The quantitative estimate of drug-likeness (QED) is 0.723. The summed E-state index contributed by atoms with van der Waals surface area (Å²) in [6.07, 6.45) is 0. The minimum Gasteiger partial charge on any atom is -0.211 e. The molecule has 2 aromatic carbocycles. The molecule has 5 heteroatoms. The van der Waals surface area contributed by atoms with Gasteiger partial charge in [-0.2, -0.15) is 5.26 Å². The summed E-state index contributed by atoms with van der Waals surface area (Å²) in [5, 5.41) is 17.9. The topological polar surface area (TPSA) is 54.5 Å². The summed E-state index contributed by atoms with van der Waals surface area (Å²) in [7, 11) is 0. The number of halogens is 1. The number of para-hydroxylation sites is 1. The third-order valence-corrected chi connectivity index (χ3v) is 3.58. The highest BCUT2D eigenvalue weighted by molar-refractivity contribution is 6.33. The van der Waals surface area contributed by atoms with Gasteiger partial charge in [-0.15, -0.1) is 5.10 Å². The lowest BCUT2D eigenvalue weighted by Gasteiger charge is -2.10. The lowest BCUT2D eigenvalue weighted by atomic mass is 10.1. The van der Waals surface area contributed by atoms with Gasteiger partial charge in [0.2, 0.25) is 0 Å². The second-order valence-corrected chi connectivity index (χ2v) is 4.98. The predicted octanol–water partition coefficient (Wildman–Crippen LogP) is 3.77. The zero-order chi connectivity index (χ0) is 14.8. The van der Waals surface area contributed by atoms with E-state index in [4.69, 9.17) is 11.6 Å². The number of benzene rings is 2. The van der Waals surface area contributed by atoms with E-state index in [1.165, 1.54) is 0 Å². The first-order valence-electron chi connectivity index (χ1n) is 6.39. The summed E-state index contributed by atoms with van der Waals surface area (Å²) in [5.74, 6) is 0. The number of aryl methyl sites for hydroxylation is 1. The molecule has 0 aliphatic rings. The Morgan fingerprint density at radius 3 is 2.52 bits per heavy atom. The van der Waals surface area contributed by atoms with Gasteiger partial charge in [0.1, 0.15) is 11.8 Å². The highest BCUT2D eigenvalue weighted by Crippen LogP contribution is 2.31. The lowest BCUT2D eigenvalue weighted by Crippen LogP contribution is -2.02. The third kappa shape index (κ3) is 2.28. The van der Waals surface area contributed by atoms with Crippen LogP contribution < -0.4 is 0 Å². The molecule has 0 N–H and O–H groups in total. The average Bonchev–Trinajstić information content (AvgIpc) is 2.92. The van der Waals surface area contributed by atoms with Gasteiger partial charge >= 0.3 is 0 Å². The molecular weight excluding hydrogens is 284 g/mol. The standard InChI is InChI=1S/C16H11ClN4/c1-11-6-2-5-9-15(11)21-16(14(10-18)19-20-21)12-7-3-4-8-13(12)17/h2-9H,1H3. The first-order valence-corrected chi connectivity index (χ1v) is 6.77.